The number of hydrogen-bond acceptors (Lipinski definition) is 8. The van der Waals surface area contributed by atoms with E-state index in [-0.39, 0.29) is 10.6 Å². The number of hydrogen-bond donors (Lipinski definition) is 3. The number of imidazole rings is 1. The van der Waals surface area contributed by atoms with Crippen LogP contribution in [0.4, 0.5) is 0 Å². The number of sulfonamides is 1. The summed E-state index contributed by atoms with van der Waals surface area (Å²) in [6, 6.07) is 4.76. The van der Waals surface area contributed by atoms with Gasteiger partial charge in [-0.3, -0.25) is 10.4 Å². The molecular formula is C22H27N7O3S2. The Morgan fingerprint density at radius 3 is 2.71 bits per heavy atom. The summed E-state index contributed by atoms with van der Waals surface area (Å²) in [6.45, 7) is 3.98. The number of fused-ring (bicyclic) bond motifs is 1. The van der Waals surface area contributed by atoms with Crippen molar-refractivity contribution in [2.24, 2.45) is 5.84 Å². The molecule has 0 aliphatic heterocycles. The fraction of sp³-hybridized carbons (Fsp3) is 0.409. The van der Waals surface area contributed by atoms with E-state index >= 15 is 0 Å². The van der Waals surface area contributed by atoms with Gasteiger partial charge in [-0.25, -0.2) is 22.5 Å². The van der Waals surface area contributed by atoms with Crippen LogP contribution in [-0.4, -0.2) is 33.3 Å². The molecule has 4 N–H and O–H groups in total. The summed E-state index contributed by atoms with van der Waals surface area (Å²) in [5.74, 6) is 5.77. The van der Waals surface area contributed by atoms with Crippen LogP contribution in [0.15, 0.2) is 51.3 Å². The van der Waals surface area contributed by atoms with Gasteiger partial charge < -0.3 is 5.43 Å². The molecule has 10 nitrogen and oxygen atoms in total. The van der Waals surface area contributed by atoms with Crippen LogP contribution in [-0.2, 0) is 16.6 Å². The van der Waals surface area contributed by atoms with E-state index in [1.165, 1.54) is 22.0 Å². The summed E-state index contributed by atoms with van der Waals surface area (Å²) in [6.07, 6.45) is 8.36. The number of aryl methyl sites for hydroxylation is 1. The van der Waals surface area contributed by atoms with Crippen LogP contribution in [0, 0.1) is 6.92 Å². The Hall–Kier alpha value is -2.80. The van der Waals surface area contributed by atoms with E-state index < -0.39 is 15.6 Å². The molecule has 0 bridgehead atoms. The molecule has 0 amide bonds. The summed E-state index contributed by atoms with van der Waals surface area (Å²) in [4.78, 5) is 13.8. The third-order valence-corrected chi connectivity index (χ3v) is 8.77. The molecule has 2 aliphatic rings. The van der Waals surface area contributed by atoms with E-state index in [1.54, 1.807) is 16.7 Å². The van der Waals surface area contributed by atoms with E-state index in [0.29, 0.717) is 27.7 Å². The maximum Gasteiger partial charge on any atom is 0.335 e. The van der Waals surface area contributed by atoms with Gasteiger partial charge in [0.2, 0.25) is 15.2 Å². The van der Waals surface area contributed by atoms with Crippen LogP contribution in [0.1, 0.15) is 44.0 Å². The maximum atomic E-state index is 13.7. The molecule has 12 heteroatoms. The third-order valence-electron chi connectivity index (χ3n) is 6.31. The Morgan fingerprint density at radius 1 is 1.24 bits per heavy atom. The molecule has 34 heavy (non-hydrogen) atoms. The van der Waals surface area contributed by atoms with Crippen molar-refractivity contribution in [3.63, 3.8) is 0 Å². The van der Waals surface area contributed by atoms with Gasteiger partial charge in [0.15, 0.2) is 0 Å². The zero-order valence-electron chi connectivity index (χ0n) is 19.0. The van der Waals surface area contributed by atoms with Crippen molar-refractivity contribution in [3.8, 4) is 5.13 Å². The van der Waals surface area contributed by atoms with Crippen LogP contribution in [0.2, 0.25) is 0 Å². The second-order valence-corrected chi connectivity index (χ2v) is 11.9. The molecule has 0 saturated heterocycles. The van der Waals surface area contributed by atoms with E-state index in [1.807, 2.05) is 19.9 Å². The highest BCUT2D eigenvalue weighted by Gasteiger charge is 2.41. The van der Waals surface area contributed by atoms with Crippen molar-refractivity contribution >= 4 is 32.4 Å². The molecule has 5 rings (SSSR count). The second-order valence-electron chi connectivity index (χ2n) is 9.07. The molecular weight excluding hydrogens is 474 g/mol. The number of nitrogens with zero attached hydrogens (tertiary/aromatic N) is 4. The monoisotopic (exact) mass is 501 g/mol. The van der Waals surface area contributed by atoms with Gasteiger partial charge in [-0.2, -0.15) is 0 Å². The van der Waals surface area contributed by atoms with E-state index in [9.17, 15) is 13.2 Å². The first-order chi connectivity index (χ1) is 16.2. The second kappa shape index (κ2) is 8.45. The van der Waals surface area contributed by atoms with Gasteiger partial charge in [-0.15, -0.1) is 10.2 Å². The first kappa shape index (κ1) is 23.0. The van der Waals surface area contributed by atoms with Gasteiger partial charge in [0.1, 0.15) is 5.01 Å². The van der Waals surface area contributed by atoms with Crippen molar-refractivity contribution < 1.29 is 8.42 Å². The van der Waals surface area contributed by atoms with Crippen LogP contribution >= 0.6 is 11.3 Å². The maximum absolute atomic E-state index is 13.7. The topological polar surface area (TPSA) is 137 Å². The predicted octanol–water partition coefficient (Wildman–Crippen LogP) is 2.24. The van der Waals surface area contributed by atoms with E-state index in [0.717, 1.165) is 43.4 Å². The minimum absolute atomic E-state index is 0.109. The van der Waals surface area contributed by atoms with E-state index in [2.05, 4.69) is 26.4 Å². The normalized spacial score (nSPS) is 17.9. The summed E-state index contributed by atoms with van der Waals surface area (Å²) in [5, 5.41) is 9.31. The Bertz CT molecular complexity index is 1490. The van der Waals surface area contributed by atoms with Gasteiger partial charge in [0, 0.05) is 11.2 Å². The van der Waals surface area contributed by atoms with Gasteiger partial charge in [-0.1, -0.05) is 23.5 Å². The molecule has 1 saturated carbocycles. The molecule has 0 unspecified atom stereocenters. The number of benzene rings is 1. The lowest BCUT2D eigenvalue weighted by Crippen LogP contribution is -2.34. The van der Waals surface area contributed by atoms with Crippen molar-refractivity contribution in [2.75, 3.05) is 0 Å². The SMILES string of the molecule is Cc1nnc(-n2c(=O)n(CC3=C(NN)CCCC=C3)c3ccc(S(=O)(=O)NC4(C)CC4)cc32)s1. The average Bonchev–Trinajstić information content (AvgIpc) is 3.34. The summed E-state index contributed by atoms with van der Waals surface area (Å²) < 4.78 is 31.9. The standard InChI is InChI=1S/C22H27N7O3S2/c1-14-25-26-20(33-14)29-19-12-16(34(31,32)27-22(2)10-11-22)8-9-18(19)28(21(29)30)13-15-6-4-3-5-7-17(15)24-23/h4,6,8-9,12,24,27H,3,5,7,10-11,13,23H2,1-2H3. The number of hydrazine groups is 1. The molecule has 180 valence electrons. The minimum atomic E-state index is -3.74. The Morgan fingerprint density at radius 2 is 2.03 bits per heavy atom. The molecule has 0 atom stereocenters. The number of rotatable bonds is 7. The predicted molar refractivity (Wildman–Crippen MR) is 131 cm³/mol. The van der Waals surface area contributed by atoms with Crippen LogP contribution < -0.4 is 21.7 Å². The number of aromatic nitrogens is 4. The lowest BCUT2D eigenvalue weighted by molar-refractivity contribution is 0.558. The number of allylic oxidation sites excluding steroid dienone is 4. The van der Waals surface area contributed by atoms with Crippen LogP contribution in [0.5, 0.6) is 0 Å². The largest absolute Gasteiger partial charge is 0.335 e. The Balaban J connectivity index is 1.68. The van der Waals surface area contributed by atoms with Gasteiger partial charge >= 0.3 is 5.69 Å². The molecule has 2 aliphatic carbocycles. The summed E-state index contributed by atoms with van der Waals surface area (Å²) in [5.41, 5.74) is 4.93. The molecule has 1 fully saturated rings. The van der Waals surface area contributed by atoms with Crippen molar-refractivity contribution in [1.29, 1.82) is 0 Å². The summed E-state index contributed by atoms with van der Waals surface area (Å²) >= 11 is 1.27. The fourth-order valence-corrected chi connectivity index (χ4v) is 6.34. The number of nitrogens with one attached hydrogen (secondary N) is 2. The molecule has 0 spiro atoms. The zero-order chi connectivity index (χ0) is 24.1. The lowest BCUT2D eigenvalue weighted by atomic mass is 10.1. The zero-order valence-corrected chi connectivity index (χ0v) is 20.7. The lowest BCUT2D eigenvalue weighted by Gasteiger charge is -2.13. The van der Waals surface area contributed by atoms with E-state index in [4.69, 9.17) is 5.84 Å². The smallest absolute Gasteiger partial charge is 0.328 e. The third kappa shape index (κ3) is 4.22. The van der Waals surface area contributed by atoms with Crippen LogP contribution in [0.25, 0.3) is 16.2 Å². The highest BCUT2D eigenvalue weighted by atomic mass is 32.2. The van der Waals surface area contributed by atoms with Gasteiger partial charge in [0.05, 0.1) is 22.5 Å². The van der Waals surface area contributed by atoms with Crippen LogP contribution in [0.3, 0.4) is 0 Å². The highest BCUT2D eigenvalue weighted by Crippen LogP contribution is 2.36. The molecule has 3 aromatic rings. The molecule has 2 heterocycles. The van der Waals surface area contributed by atoms with Crippen molar-refractivity contribution in [3.05, 3.63) is 57.1 Å². The van der Waals surface area contributed by atoms with Gasteiger partial charge in [0.25, 0.3) is 0 Å². The average molecular weight is 502 g/mol. The molecule has 1 aromatic carbocycles. The highest BCUT2D eigenvalue weighted by molar-refractivity contribution is 7.89. The Labute approximate surface area is 201 Å². The first-order valence-corrected chi connectivity index (χ1v) is 13.5. The fourth-order valence-electron chi connectivity index (χ4n) is 4.16. The quantitative estimate of drug-likeness (QED) is 0.333. The van der Waals surface area contributed by atoms with Gasteiger partial charge in [-0.05, 0) is 69.7 Å². The first-order valence-electron chi connectivity index (χ1n) is 11.2. The Kier molecular flexibility index (Phi) is 5.71. The summed E-state index contributed by atoms with van der Waals surface area (Å²) in [7, 11) is -3.74. The number of nitrogens with two attached hydrogens (primary N) is 1. The van der Waals surface area contributed by atoms with Crippen molar-refractivity contribution in [1.82, 2.24) is 29.5 Å². The van der Waals surface area contributed by atoms with Crippen molar-refractivity contribution in [2.45, 2.75) is 62.9 Å². The molecule has 2 aromatic heterocycles. The molecule has 0 radical (unpaired) electrons. The minimum Gasteiger partial charge on any atom is -0.328 e.